The SMILES string of the molecule is CN(C)Cc1nc(C2(NC(=O)C[C@@H]3CCC[C@H]3N)CCCCCC2)no1. The van der Waals surface area contributed by atoms with Crippen molar-refractivity contribution in [1.29, 1.82) is 0 Å². The standard InChI is InChI=1S/C19H33N5O2/c1-24(2)13-17-21-18(23-26-17)19(10-5-3-4-6-11-19)22-16(25)12-14-8-7-9-15(14)20/h14-15H,3-13,20H2,1-2H3,(H,22,25)/t14-,15+/m0/s1. The van der Waals surface area contributed by atoms with Gasteiger partial charge in [-0.2, -0.15) is 4.98 Å². The molecule has 1 amide bonds. The van der Waals surface area contributed by atoms with Crippen LogP contribution in [0.1, 0.15) is 75.9 Å². The molecule has 7 heteroatoms. The number of nitrogens with one attached hydrogen (secondary N) is 1. The molecule has 2 saturated carbocycles. The van der Waals surface area contributed by atoms with Crippen molar-refractivity contribution in [3.63, 3.8) is 0 Å². The lowest BCUT2D eigenvalue weighted by Gasteiger charge is -2.31. The van der Waals surface area contributed by atoms with E-state index in [9.17, 15) is 4.79 Å². The molecular formula is C19H33N5O2. The molecule has 3 N–H and O–H groups in total. The molecule has 2 atom stereocenters. The van der Waals surface area contributed by atoms with Crippen molar-refractivity contribution in [2.45, 2.75) is 82.3 Å². The third kappa shape index (κ3) is 4.62. The summed E-state index contributed by atoms with van der Waals surface area (Å²) in [6, 6.07) is 0.155. The predicted molar refractivity (Wildman–Crippen MR) is 99.1 cm³/mol. The fourth-order valence-corrected chi connectivity index (χ4v) is 4.40. The summed E-state index contributed by atoms with van der Waals surface area (Å²) in [7, 11) is 3.94. The number of carbonyl (C=O) groups is 1. The zero-order valence-corrected chi connectivity index (χ0v) is 16.2. The van der Waals surface area contributed by atoms with Crippen LogP contribution in [0.25, 0.3) is 0 Å². The van der Waals surface area contributed by atoms with Crippen LogP contribution in [0.3, 0.4) is 0 Å². The summed E-state index contributed by atoms with van der Waals surface area (Å²) in [5.41, 5.74) is 5.66. The molecule has 1 aromatic rings. The first-order valence-electron chi connectivity index (χ1n) is 10.0. The maximum atomic E-state index is 12.8. The van der Waals surface area contributed by atoms with E-state index in [1.807, 2.05) is 19.0 Å². The molecule has 2 aliphatic rings. The lowest BCUT2D eigenvalue weighted by molar-refractivity contribution is -0.124. The van der Waals surface area contributed by atoms with Gasteiger partial charge in [0.25, 0.3) is 0 Å². The normalized spacial score (nSPS) is 26.0. The molecule has 0 bridgehead atoms. The van der Waals surface area contributed by atoms with Crippen LogP contribution in [0.15, 0.2) is 4.52 Å². The van der Waals surface area contributed by atoms with E-state index >= 15 is 0 Å². The number of nitrogens with zero attached hydrogens (tertiary/aromatic N) is 3. The van der Waals surface area contributed by atoms with Gasteiger partial charge < -0.3 is 20.5 Å². The third-order valence-electron chi connectivity index (χ3n) is 5.85. The highest BCUT2D eigenvalue weighted by Crippen LogP contribution is 2.35. The summed E-state index contributed by atoms with van der Waals surface area (Å²) in [6.45, 7) is 0.605. The Morgan fingerprint density at radius 3 is 2.58 bits per heavy atom. The molecule has 0 aromatic carbocycles. The Hall–Kier alpha value is -1.47. The fourth-order valence-electron chi connectivity index (χ4n) is 4.40. The number of rotatable bonds is 6. The van der Waals surface area contributed by atoms with E-state index in [0.717, 1.165) is 44.9 Å². The third-order valence-corrected chi connectivity index (χ3v) is 5.85. The van der Waals surface area contributed by atoms with Crippen LogP contribution >= 0.6 is 0 Å². The van der Waals surface area contributed by atoms with E-state index in [0.29, 0.717) is 30.6 Å². The first kappa shape index (κ1) is 19.3. The van der Waals surface area contributed by atoms with Gasteiger partial charge in [-0.3, -0.25) is 4.79 Å². The van der Waals surface area contributed by atoms with Crippen LogP contribution in [0, 0.1) is 5.92 Å². The van der Waals surface area contributed by atoms with Crippen LogP contribution in [0.5, 0.6) is 0 Å². The maximum Gasteiger partial charge on any atom is 0.240 e. The van der Waals surface area contributed by atoms with Gasteiger partial charge in [-0.25, -0.2) is 0 Å². The van der Waals surface area contributed by atoms with E-state index in [1.165, 1.54) is 12.8 Å². The first-order chi connectivity index (χ1) is 12.5. The molecule has 0 saturated heterocycles. The van der Waals surface area contributed by atoms with Gasteiger partial charge in [-0.05, 0) is 45.7 Å². The summed E-state index contributed by atoms with van der Waals surface area (Å²) < 4.78 is 5.45. The maximum absolute atomic E-state index is 12.8. The van der Waals surface area contributed by atoms with Crippen molar-refractivity contribution < 1.29 is 9.32 Å². The molecule has 0 aliphatic heterocycles. The van der Waals surface area contributed by atoms with Crippen LogP contribution in [0.2, 0.25) is 0 Å². The zero-order valence-electron chi connectivity index (χ0n) is 16.2. The summed E-state index contributed by atoms with van der Waals surface area (Å²) in [5.74, 6) is 1.61. The molecule has 3 rings (SSSR count). The summed E-state index contributed by atoms with van der Waals surface area (Å²) in [5, 5.41) is 7.56. The molecule has 26 heavy (non-hydrogen) atoms. The van der Waals surface area contributed by atoms with E-state index < -0.39 is 5.54 Å². The first-order valence-corrected chi connectivity index (χ1v) is 10.0. The lowest BCUT2D eigenvalue weighted by atomic mass is 9.88. The minimum Gasteiger partial charge on any atom is -0.343 e. The van der Waals surface area contributed by atoms with Crippen molar-refractivity contribution in [2.75, 3.05) is 14.1 Å². The monoisotopic (exact) mass is 363 g/mol. The Balaban J connectivity index is 1.75. The molecule has 146 valence electrons. The zero-order chi connectivity index (χ0) is 18.6. The van der Waals surface area contributed by atoms with Crippen molar-refractivity contribution >= 4 is 5.91 Å². The van der Waals surface area contributed by atoms with Gasteiger partial charge >= 0.3 is 0 Å². The number of carbonyl (C=O) groups excluding carboxylic acids is 1. The van der Waals surface area contributed by atoms with Crippen molar-refractivity contribution in [3.8, 4) is 0 Å². The van der Waals surface area contributed by atoms with Crippen LogP contribution in [-0.4, -0.2) is 41.1 Å². The van der Waals surface area contributed by atoms with Crippen molar-refractivity contribution in [1.82, 2.24) is 20.4 Å². The molecule has 0 radical (unpaired) electrons. The highest BCUT2D eigenvalue weighted by atomic mass is 16.5. The van der Waals surface area contributed by atoms with Crippen molar-refractivity contribution in [2.24, 2.45) is 11.7 Å². The molecule has 0 unspecified atom stereocenters. The predicted octanol–water partition coefficient (Wildman–Crippen LogP) is 2.31. The minimum atomic E-state index is -0.496. The van der Waals surface area contributed by atoms with E-state index in [4.69, 9.17) is 10.3 Å². The quantitative estimate of drug-likeness (QED) is 0.753. The van der Waals surface area contributed by atoms with Gasteiger partial charge in [0.1, 0.15) is 5.54 Å². The molecule has 0 spiro atoms. The Morgan fingerprint density at radius 2 is 1.96 bits per heavy atom. The second-order valence-corrected chi connectivity index (χ2v) is 8.35. The topological polar surface area (TPSA) is 97.3 Å². The Labute approximate surface area is 156 Å². The van der Waals surface area contributed by atoms with Crippen LogP contribution < -0.4 is 11.1 Å². The van der Waals surface area contributed by atoms with Gasteiger partial charge in [0, 0.05) is 12.5 Å². The number of amides is 1. The Morgan fingerprint density at radius 1 is 1.23 bits per heavy atom. The van der Waals surface area contributed by atoms with Gasteiger partial charge in [-0.15, -0.1) is 0 Å². The number of hydrogen-bond donors (Lipinski definition) is 2. The molecule has 2 fully saturated rings. The summed E-state index contributed by atoms with van der Waals surface area (Å²) in [6.07, 6.45) is 9.97. The number of hydrogen-bond acceptors (Lipinski definition) is 6. The highest BCUT2D eigenvalue weighted by molar-refractivity contribution is 5.77. The lowest BCUT2D eigenvalue weighted by Crippen LogP contribution is -2.47. The second kappa shape index (κ2) is 8.48. The number of nitrogens with two attached hydrogens (primary N) is 1. The average molecular weight is 364 g/mol. The number of aromatic nitrogens is 2. The van der Waals surface area contributed by atoms with Gasteiger partial charge in [-0.1, -0.05) is 37.3 Å². The van der Waals surface area contributed by atoms with Crippen molar-refractivity contribution in [3.05, 3.63) is 11.7 Å². The Bertz CT molecular complexity index is 593. The second-order valence-electron chi connectivity index (χ2n) is 8.35. The molecule has 1 heterocycles. The molecule has 7 nitrogen and oxygen atoms in total. The van der Waals surface area contributed by atoms with E-state index in [-0.39, 0.29) is 11.9 Å². The summed E-state index contributed by atoms with van der Waals surface area (Å²) >= 11 is 0. The molecule has 2 aliphatic carbocycles. The molecular weight excluding hydrogens is 330 g/mol. The summed E-state index contributed by atoms with van der Waals surface area (Å²) in [4.78, 5) is 19.5. The largest absolute Gasteiger partial charge is 0.343 e. The van der Waals surface area contributed by atoms with Gasteiger partial charge in [0.15, 0.2) is 5.82 Å². The van der Waals surface area contributed by atoms with E-state index in [1.54, 1.807) is 0 Å². The molecule has 1 aromatic heterocycles. The van der Waals surface area contributed by atoms with Gasteiger partial charge in [0.2, 0.25) is 11.8 Å². The average Bonchev–Trinajstić information content (AvgIpc) is 3.12. The fraction of sp³-hybridized carbons (Fsp3) is 0.842. The minimum absolute atomic E-state index is 0.0770. The highest BCUT2D eigenvalue weighted by Gasteiger charge is 2.39. The Kier molecular flexibility index (Phi) is 6.29. The van der Waals surface area contributed by atoms with Crippen LogP contribution in [-0.2, 0) is 16.9 Å². The van der Waals surface area contributed by atoms with E-state index in [2.05, 4.69) is 15.5 Å². The van der Waals surface area contributed by atoms with Gasteiger partial charge in [0.05, 0.1) is 6.54 Å². The smallest absolute Gasteiger partial charge is 0.240 e. The van der Waals surface area contributed by atoms with Crippen LogP contribution in [0.4, 0.5) is 0 Å².